The van der Waals surface area contributed by atoms with Crippen molar-refractivity contribution in [2.24, 2.45) is 5.18 Å². The molecule has 0 fully saturated rings. The number of hydrogen-bond acceptors (Lipinski definition) is 11. The van der Waals surface area contributed by atoms with Gasteiger partial charge in [0.05, 0.1) is 5.56 Å². The molecule has 0 saturated heterocycles. The standard InChI is InChI=1S/C22H17NO10/c24-11-6-14(25)12-8-19(33-22(30)10-4-16(27)20(29)17(28)5-10)21(32-18(12)7-11)9-1-2-13(23-31)15(26)3-9/h1-7,19,21,24-29H,8H2/t19-,21-/m1/s1. The number of nitrogens with zero attached hydrogens (tertiary/aromatic N) is 1. The molecule has 0 spiro atoms. The summed E-state index contributed by atoms with van der Waals surface area (Å²) in [5.74, 6) is -4.15. The second kappa shape index (κ2) is 8.11. The fourth-order valence-electron chi connectivity index (χ4n) is 3.56. The largest absolute Gasteiger partial charge is 0.508 e. The van der Waals surface area contributed by atoms with Crippen molar-refractivity contribution in [3.63, 3.8) is 0 Å². The van der Waals surface area contributed by atoms with Gasteiger partial charge in [0.25, 0.3) is 0 Å². The molecule has 170 valence electrons. The van der Waals surface area contributed by atoms with E-state index in [0.29, 0.717) is 5.56 Å². The van der Waals surface area contributed by atoms with Gasteiger partial charge in [-0.2, -0.15) is 0 Å². The van der Waals surface area contributed by atoms with Crippen LogP contribution in [0.2, 0.25) is 0 Å². The lowest BCUT2D eigenvalue weighted by Gasteiger charge is -2.34. The first-order chi connectivity index (χ1) is 15.7. The zero-order valence-corrected chi connectivity index (χ0v) is 16.7. The van der Waals surface area contributed by atoms with Crippen LogP contribution >= 0.6 is 0 Å². The average Bonchev–Trinajstić information content (AvgIpc) is 2.77. The molecule has 6 N–H and O–H groups in total. The van der Waals surface area contributed by atoms with E-state index in [1.54, 1.807) is 0 Å². The number of esters is 1. The zero-order valence-electron chi connectivity index (χ0n) is 16.7. The molecule has 0 saturated carbocycles. The summed E-state index contributed by atoms with van der Waals surface area (Å²) in [7, 11) is 0. The number of rotatable bonds is 4. The van der Waals surface area contributed by atoms with Gasteiger partial charge in [0.2, 0.25) is 0 Å². The molecule has 2 atom stereocenters. The molecule has 1 heterocycles. The Kier molecular flexibility index (Phi) is 5.30. The highest BCUT2D eigenvalue weighted by atomic mass is 16.6. The van der Waals surface area contributed by atoms with Gasteiger partial charge >= 0.3 is 5.97 Å². The Bertz CT molecular complexity index is 1250. The highest BCUT2D eigenvalue weighted by molar-refractivity contribution is 5.91. The smallest absolute Gasteiger partial charge is 0.338 e. The molecule has 0 amide bonds. The zero-order chi connectivity index (χ0) is 23.9. The fourth-order valence-corrected chi connectivity index (χ4v) is 3.56. The molecule has 3 aromatic rings. The number of fused-ring (bicyclic) bond motifs is 1. The van der Waals surface area contributed by atoms with Crippen LogP contribution in [0, 0.1) is 4.91 Å². The Labute approximate surface area is 185 Å². The van der Waals surface area contributed by atoms with E-state index in [2.05, 4.69) is 5.18 Å². The van der Waals surface area contributed by atoms with Gasteiger partial charge < -0.3 is 40.1 Å². The minimum Gasteiger partial charge on any atom is -0.508 e. The molecule has 0 bridgehead atoms. The number of benzene rings is 3. The highest BCUT2D eigenvalue weighted by Crippen LogP contribution is 2.44. The van der Waals surface area contributed by atoms with Crippen LogP contribution in [0.15, 0.2) is 47.6 Å². The summed E-state index contributed by atoms with van der Waals surface area (Å²) < 4.78 is 11.4. The first-order valence-corrected chi connectivity index (χ1v) is 9.51. The Morgan fingerprint density at radius 2 is 1.61 bits per heavy atom. The first kappa shape index (κ1) is 21.6. The monoisotopic (exact) mass is 455 g/mol. The van der Waals surface area contributed by atoms with Crippen LogP contribution in [0.25, 0.3) is 0 Å². The van der Waals surface area contributed by atoms with Crippen LogP contribution in [-0.4, -0.2) is 42.7 Å². The number of carbonyl (C=O) groups is 1. The molecule has 0 radical (unpaired) electrons. The van der Waals surface area contributed by atoms with Crippen molar-refractivity contribution in [3.8, 4) is 40.2 Å². The highest BCUT2D eigenvalue weighted by Gasteiger charge is 2.37. The molecular formula is C22H17NO10. The number of aromatic hydroxyl groups is 6. The summed E-state index contributed by atoms with van der Waals surface area (Å²) in [5, 5.41) is 61.6. The van der Waals surface area contributed by atoms with Crippen molar-refractivity contribution in [3.05, 3.63) is 64.1 Å². The Morgan fingerprint density at radius 3 is 2.24 bits per heavy atom. The number of nitroso groups, excluding NO2 is 1. The van der Waals surface area contributed by atoms with Gasteiger partial charge in [0.15, 0.2) is 23.4 Å². The van der Waals surface area contributed by atoms with Gasteiger partial charge in [-0.1, -0.05) is 6.07 Å². The summed E-state index contributed by atoms with van der Waals surface area (Å²) in [6.45, 7) is 0. The predicted molar refractivity (Wildman–Crippen MR) is 111 cm³/mol. The summed E-state index contributed by atoms with van der Waals surface area (Å²) in [5.41, 5.74) is 0.0516. The van der Waals surface area contributed by atoms with E-state index >= 15 is 0 Å². The maximum atomic E-state index is 12.7. The van der Waals surface area contributed by atoms with Crippen molar-refractivity contribution >= 4 is 11.7 Å². The molecule has 1 aliphatic heterocycles. The summed E-state index contributed by atoms with van der Waals surface area (Å²) >= 11 is 0. The quantitative estimate of drug-likeness (QED) is 0.194. The minimum atomic E-state index is -1.09. The minimum absolute atomic E-state index is 0.0671. The maximum Gasteiger partial charge on any atom is 0.338 e. The van der Waals surface area contributed by atoms with E-state index in [9.17, 15) is 40.3 Å². The van der Waals surface area contributed by atoms with Crippen molar-refractivity contribution < 1.29 is 44.9 Å². The second-order valence-electron chi connectivity index (χ2n) is 7.33. The molecular weight excluding hydrogens is 438 g/mol. The molecule has 0 unspecified atom stereocenters. The predicted octanol–water partition coefficient (Wildman–Crippen LogP) is 3.22. The summed E-state index contributed by atoms with van der Waals surface area (Å²) in [6.07, 6.45) is -2.20. The third kappa shape index (κ3) is 3.99. The van der Waals surface area contributed by atoms with E-state index in [4.69, 9.17) is 9.47 Å². The van der Waals surface area contributed by atoms with E-state index < -0.39 is 41.2 Å². The number of phenols is 6. The van der Waals surface area contributed by atoms with Crippen LogP contribution < -0.4 is 4.74 Å². The molecule has 11 heteroatoms. The molecule has 1 aliphatic rings. The van der Waals surface area contributed by atoms with Crippen LogP contribution in [0.5, 0.6) is 40.2 Å². The second-order valence-corrected chi connectivity index (χ2v) is 7.33. The van der Waals surface area contributed by atoms with Crippen molar-refractivity contribution in [2.45, 2.75) is 18.6 Å². The SMILES string of the molecule is O=Nc1ccc([C@H]2Oc3cc(O)cc(O)c3C[C@H]2OC(=O)c2cc(O)c(O)c(O)c2)cc1O. The average molecular weight is 455 g/mol. The van der Waals surface area contributed by atoms with Crippen LogP contribution in [0.1, 0.15) is 27.6 Å². The van der Waals surface area contributed by atoms with Gasteiger partial charge in [-0.05, 0) is 35.0 Å². The number of phenolic OH excluding ortho intramolecular Hbond substituents is 6. The fraction of sp³-hybridized carbons (Fsp3) is 0.136. The summed E-state index contributed by atoms with van der Waals surface area (Å²) in [6, 6.07) is 8.02. The Hall–Kier alpha value is -4.67. The van der Waals surface area contributed by atoms with Crippen molar-refractivity contribution in [1.82, 2.24) is 0 Å². The van der Waals surface area contributed by atoms with Crippen LogP contribution in [0.4, 0.5) is 5.69 Å². The van der Waals surface area contributed by atoms with Crippen LogP contribution in [0.3, 0.4) is 0 Å². The Balaban J connectivity index is 1.73. The molecule has 3 aromatic carbocycles. The molecule has 4 rings (SSSR count). The van der Waals surface area contributed by atoms with Crippen molar-refractivity contribution in [2.75, 3.05) is 0 Å². The third-order valence-electron chi connectivity index (χ3n) is 5.16. The lowest BCUT2D eigenvalue weighted by Crippen LogP contribution is -2.34. The number of ether oxygens (including phenoxy) is 2. The van der Waals surface area contributed by atoms with E-state index in [1.807, 2.05) is 0 Å². The van der Waals surface area contributed by atoms with E-state index in [0.717, 1.165) is 18.2 Å². The van der Waals surface area contributed by atoms with Crippen LogP contribution in [-0.2, 0) is 11.2 Å². The maximum absolute atomic E-state index is 12.7. The van der Waals surface area contributed by atoms with Gasteiger partial charge in [0, 0.05) is 24.1 Å². The molecule has 0 aromatic heterocycles. The lowest BCUT2D eigenvalue weighted by molar-refractivity contribution is -0.0188. The molecule has 11 nitrogen and oxygen atoms in total. The first-order valence-electron chi connectivity index (χ1n) is 9.51. The number of hydrogen-bond donors (Lipinski definition) is 6. The van der Waals surface area contributed by atoms with E-state index in [-0.39, 0.29) is 40.5 Å². The normalized spacial score (nSPS) is 17.0. The van der Waals surface area contributed by atoms with Gasteiger partial charge in [0.1, 0.15) is 34.8 Å². The number of carbonyl (C=O) groups excluding carboxylic acids is 1. The van der Waals surface area contributed by atoms with Gasteiger partial charge in [-0.15, -0.1) is 4.91 Å². The van der Waals surface area contributed by atoms with Gasteiger partial charge in [-0.3, -0.25) is 0 Å². The van der Waals surface area contributed by atoms with Gasteiger partial charge in [-0.25, -0.2) is 4.79 Å². The lowest BCUT2D eigenvalue weighted by atomic mass is 9.93. The molecule has 0 aliphatic carbocycles. The third-order valence-corrected chi connectivity index (χ3v) is 5.16. The van der Waals surface area contributed by atoms with Crippen molar-refractivity contribution in [1.29, 1.82) is 0 Å². The summed E-state index contributed by atoms with van der Waals surface area (Å²) in [4.78, 5) is 23.5. The van der Waals surface area contributed by atoms with E-state index in [1.165, 1.54) is 24.3 Å². The topological polar surface area (TPSA) is 186 Å². The molecule has 33 heavy (non-hydrogen) atoms. The Morgan fingerprint density at radius 1 is 0.909 bits per heavy atom.